The van der Waals surface area contributed by atoms with Crippen LogP contribution in [-0.4, -0.2) is 0 Å². The highest BCUT2D eigenvalue weighted by atomic mass is 16.6. The highest BCUT2D eigenvalue weighted by Gasteiger charge is 2.13. The molecule has 3 nitrogen and oxygen atoms in total. The first-order chi connectivity index (χ1) is 7.86. The van der Waals surface area contributed by atoms with Gasteiger partial charge in [0.05, 0.1) is 11.6 Å². The van der Waals surface area contributed by atoms with Crippen LogP contribution >= 0.6 is 0 Å². The van der Waals surface area contributed by atoms with E-state index in [-0.39, 0.29) is 11.4 Å². The van der Waals surface area contributed by atoms with E-state index in [1.165, 1.54) is 6.26 Å². The summed E-state index contributed by atoms with van der Waals surface area (Å²) in [6, 6.07) is 7.12. The number of allylic oxidation sites excluding steroid dienone is 2. The van der Waals surface area contributed by atoms with Crippen LogP contribution in [0, 0.1) is 0 Å². The molecular weight excluding hydrogens is 204 g/mol. The van der Waals surface area contributed by atoms with E-state index in [0.29, 0.717) is 16.5 Å². The van der Waals surface area contributed by atoms with Crippen molar-refractivity contribution in [3.05, 3.63) is 58.5 Å². The summed E-state index contributed by atoms with van der Waals surface area (Å²) in [6.45, 7) is 0. The largest absolute Gasteiger partial charge is 0.433 e. The van der Waals surface area contributed by atoms with Gasteiger partial charge in [-0.1, -0.05) is 18.2 Å². The molecule has 3 heteroatoms. The molecular formula is C13H8O3. The molecule has 0 amide bonds. The molecule has 2 heterocycles. The zero-order chi connectivity index (χ0) is 11.0. The van der Waals surface area contributed by atoms with Gasteiger partial charge in [0.15, 0.2) is 0 Å². The molecule has 0 atom stereocenters. The summed E-state index contributed by atoms with van der Waals surface area (Å²) in [5.74, 6) is 0.244. The fraction of sp³-hybridized carbons (Fsp3) is 0. The summed E-state index contributed by atoms with van der Waals surface area (Å²) < 4.78 is 10.7. The molecule has 0 saturated carbocycles. The average molecular weight is 212 g/mol. The lowest BCUT2D eigenvalue weighted by Gasteiger charge is -2.03. The highest BCUT2D eigenvalue weighted by molar-refractivity contribution is 5.80. The number of ether oxygens (including phenoxy) is 1. The Kier molecular flexibility index (Phi) is 1.90. The number of para-hydroxylation sites is 1. The van der Waals surface area contributed by atoms with E-state index in [0.717, 1.165) is 0 Å². The standard InChI is InChI=1S/C13H8O3/c14-12-9-5-1-2-7-11(9)16-13-10(12)6-3-4-8-15-13/h1-8H. The third kappa shape index (κ3) is 1.26. The quantitative estimate of drug-likeness (QED) is 0.674. The molecule has 16 heavy (non-hydrogen) atoms. The minimum atomic E-state index is -0.0724. The Morgan fingerprint density at radius 3 is 2.88 bits per heavy atom. The minimum absolute atomic E-state index is 0.0724. The van der Waals surface area contributed by atoms with Crippen LogP contribution in [0.4, 0.5) is 0 Å². The number of rotatable bonds is 0. The van der Waals surface area contributed by atoms with Crippen molar-refractivity contribution in [3.8, 4) is 5.95 Å². The number of fused-ring (bicyclic) bond motifs is 2. The maximum atomic E-state index is 12.1. The van der Waals surface area contributed by atoms with Crippen molar-refractivity contribution in [2.24, 2.45) is 0 Å². The van der Waals surface area contributed by atoms with Crippen LogP contribution in [0.3, 0.4) is 0 Å². The first kappa shape index (κ1) is 8.97. The second-order valence-corrected chi connectivity index (χ2v) is 3.43. The van der Waals surface area contributed by atoms with Crippen molar-refractivity contribution in [2.75, 3.05) is 0 Å². The van der Waals surface area contributed by atoms with Crippen molar-refractivity contribution in [1.29, 1.82) is 0 Å². The molecule has 0 bridgehead atoms. The van der Waals surface area contributed by atoms with Crippen LogP contribution in [0.15, 0.2) is 51.9 Å². The van der Waals surface area contributed by atoms with Gasteiger partial charge in [0.1, 0.15) is 11.1 Å². The van der Waals surface area contributed by atoms with Gasteiger partial charge in [0, 0.05) is 0 Å². The number of benzene rings is 1. The maximum Gasteiger partial charge on any atom is 0.301 e. The second kappa shape index (κ2) is 3.38. The van der Waals surface area contributed by atoms with E-state index >= 15 is 0 Å². The molecule has 1 aliphatic heterocycles. The van der Waals surface area contributed by atoms with E-state index in [9.17, 15) is 4.79 Å². The zero-order valence-corrected chi connectivity index (χ0v) is 8.34. The molecule has 0 aliphatic carbocycles. The Hall–Kier alpha value is -2.29. The average Bonchev–Trinajstić information content (AvgIpc) is 2.55. The first-order valence-corrected chi connectivity index (χ1v) is 4.92. The van der Waals surface area contributed by atoms with Crippen LogP contribution in [0.2, 0.25) is 0 Å². The molecule has 0 unspecified atom stereocenters. The second-order valence-electron chi connectivity index (χ2n) is 3.43. The van der Waals surface area contributed by atoms with Crippen LogP contribution in [-0.2, 0) is 0 Å². The summed E-state index contributed by atoms with van der Waals surface area (Å²) in [7, 11) is 0. The lowest BCUT2D eigenvalue weighted by molar-refractivity contribution is 0.351. The van der Waals surface area contributed by atoms with Crippen LogP contribution in [0.1, 0.15) is 5.56 Å². The van der Waals surface area contributed by atoms with Crippen molar-refractivity contribution >= 4 is 17.0 Å². The van der Waals surface area contributed by atoms with Gasteiger partial charge in [0.2, 0.25) is 5.43 Å². The van der Waals surface area contributed by atoms with E-state index < -0.39 is 0 Å². The van der Waals surface area contributed by atoms with Gasteiger partial charge < -0.3 is 9.15 Å². The van der Waals surface area contributed by atoms with Crippen LogP contribution < -0.4 is 10.2 Å². The molecule has 0 saturated heterocycles. The smallest absolute Gasteiger partial charge is 0.301 e. The summed E-state index contributed by atoms with van der Waals surface area (Å²) in [4.78, 5) is 12.1. The molecule has 1 aromatic carbocycles. The van der Waals surface area contributed by atoms with Crippen molar-refractivity contribution < 1.29 is 9.15 Å². The summed E-state index contributed by atoms with van der Waals surface area (Å²) in [5, 5.41) is 0.566. The van der Waals surface area contributed by atoms with Gasteiger partial charge in [-0.3, -0.25) is 4.79 Å². The lowest BCUT2D eigenvalue weighted by Crippen LogP contribution is -2.06. The molecule has 0 fully saturated rings. The molecule has 0 N–H and O–H groups in total. The normalized spacial score (nSPS) is 13.2. The van der Waals surface area contributed by atoms with Crippen molar-refractivity contribution in [1.82, 2.24) is 0 Å². The van der Waals surface area contributed by atoms with Gasteiger partial charge in [-0.25, -0.2) is 0 Å². The molecule has 3 rings (SSSR count). The van der Waals surface area contributed by atoms with Crippen molar-refractivity contribution in [2.45, 2.75) is 0 Å². The zero-order valence-electron chi connectivity index (χ0n) is 8.34. The Balaban J connectivity index is 2.44. The third-order valence-corrected chi connectivity index (χ3v) is 2.43. The van der Waals surface area contributed by atoms with E-state index in [1.54, 1.807) is 30.4 Å². The lowest BCUT2D eigenvalue weighted by atomic mass is 10.1. The molecule has 0 radical (unpaired) electrons. The fourth-order valence-electron chi connectivity index (χ4n) is 1.67. The van der Waals surface area contributed by atoms with Gasteiger partial charge in [-0.05, 0) is 24.3 Å². The topological polar surface area (TPSA) is 39.4 Å². The predicted molar refractivity (Wildman–Crippen MR) is 61.3 cm³/mol. The Labute approximate surface area is 91.3 Å². The van der Waals surface area contributed by atoms with Crippen molar-refractivity contribution in [3.63, 3.8) is 0 Å². The van der Waals surface area contributed by atoms with Crippen LogP contribution in [0.25, 0.3) is 17.0 Å². The SMILES string of the molecule is O=c1c2c(oc3ccccc13)OC=CC=C2. The van der Waals surface area contributed by atoms with E-state index in [1.807, 2.05) is 12.1 Å². The molecule has 0 spiro atoms. The van der Waals surface area contributed by atoms with Crippen LogP contribution in [0.5, 0.6) is 5.95 Å². The van der Waals surface area contributed by atoms with Gasteiger partial charge in [-0.2, -0.15) is 0 Å². The maximum absolute atomic E-state index is 12.1. The monoisotopic (exact) mass is 212 g/mol. The molecule has 78 valence electrons. The van der Waals surface area contributed by atoms with E-state index in [4.69, 9.17) is 9.15 Å². The minimum Gasteiger partial charge on any atom is -0.433 e. The fourth-order valence-corrected chi connectivity index (χ4v) is 1.67. The van der Waals surface area contributed by atoms with Gasteiger partial charge >= 0.3 is 5.95 Å². The Morgan fingerprint density at radius 2 is 1.94 bits per heavy atom. The Morgan fingerprint density at radius 1 is 1.06 bits per heavy atom. The first-order valence-electron chi connectivity index (χ1n) is 4.92. The Bertz CT molecular complexity index is 662. The summed E-state index contributed by atoms with van der Waals surface area (Å²) in [5.41, 5.74) is 0.912. The van der Waals surface area contributed by atoms with E-state index in [2.05, 4.69) is 0 Å². The third-order valence-electron chi connectivity index (χ3n) is 2.43. The molecule has 1 aromatic heterocycles. The number of hydrogen-bond donors (Lipinski definition) is 0. The summed E-state index contributed by atoms with van der Waals surface area (Å²) >= 11 is 0. The van der Waals surface area contributed by atoms with Gasteiger partial charge in [-0.15, -0.1) is 0 Å². The molecule has 1 aliphatic rings. The number of hydrogen-bond acceptors (Lipinski definition) is 3. The highest BCUT2D eigenvalue weighted by Crippen LogP contribution is 2.24. The van der Waals surface area contributed by atoms with Gasteiger partial charge in [0.25, 0.3) is 0 Å². The molecule has 2 aromatic rings. The summed E-state index contributed by atoms with van der Waals surface area (Å²) in [6.07, 6.45) is 6.63. The predicted octanol–water partition coefficient (Wildman–Crippen LogP) is 2.71.